The van der Waals surface area contributed by atoms with E-state index in [-0.39, 0.29) is 0 Å². The third kappa shape index (κ3) is 3.82. The average molecular weight is 295 g/mol. The molecule has 1 atom stereocenters. The number of nitrogens with one attached hydrogen (secondary N) is 1. The van der Waals surface area contributed by atoms with Gasteiger partial charge in [-0.2, -0.15) is 0 Å². The molecule has 112 valence electrons. The Kier molecular flexibility index (Phi) is 4.85. The van der Waals surface area contributed by atoms with Gasteiger partial charge in [0.05, 0.1) is 16.4 Å². The first kappa shape index (κ1) is 15.5. The molecule has 1 saturated carbocycles. The van der Waals surface area contributed by atoms with Crippen LogP contribution in [-0.4, -0.2) is 20.1 Å². The number of para-hydroxylation sites is 1. The third-order valence-electron chi connectivity index (χ3n) is 4.37. The van der Waals surface area contributed by atoms with Gasteiger partial charge in [0.2, 0.25) is 0 Å². The molecular formula is C17H27ClN2. The van der Waals surface area contributed by atoms with Gasteiger partial charge >= 0.3 is 0 Å². The number of hydrogen-bond donors (Lipinski definition) is 1. The SMILES string of the molecule is CN(C)c1c(Cl)cccc1NC1CCCC(C)(C)CC1. The van der Waals surface area contributed by atoms with E-state index in [1.54, 1.807) is 0 Å². The summed E-state index contributed by atoms with van der Waals surface area (Å²) >= 11 is 6.34. The van der Waals surface area contributed by atoms with Crippen molar-refractivity contribution in [1.82, 2.24) is 0 Å². The number of nitrogens with zero attached hydrogens (tertiary/aromatic N) is 1. The van der Waals surface area contributed by atoms with Gasteiger partial charge in [-0.1, -0.05) is 37.9 Å². The van der Waals surface area contributed by atoms with Gasteiger partial charge in [-0.05, 0) is 43.2 Å². The highest BCUT2D eigenvalue weighted by atomic mass is 35.5. The van der Waals surface area contributed by atoms with Crippen molar-refractivity contribution < 1.29 is 0 Å². The second-order valence-corrected chi connectivity index (χ2v) is 7.37. The zero-order valence-corrected chi connectivity index (χ0v) is 13.9. The summed E-state index contributed by atoms with van der Waals surface area (Å²) in [5, 5.41) is 4.54. The van der Waals surface area contributed by atoms with Gasteiger partial charge in [0.15, 0.2) is 0 Å². The molecule has 0 aliphatic heterocycles. The van der Waals surface area contributed by atoms with Crippen LogP contribution in [0.15, 0.2) is 18.2 Å². The van der Waals surface area contributed by atoms with Crippen LogP contribution in [0, 0.1) is 5.41 Å². The minimum Gasteiger partial charge on any atom is -0.381 e. The molecule has 1 N–H and O–H groups in total. The van der Waals surface area contributed by atoms with Gasteiger partial charge in [0, 0.05) is 20.1 Å². The molecule has 0 saturated heterocycles. The lowest BCUT2D eigenvalue weighted by Gasteiger charge is -2.25. The third-order valence-corrected chi connectivity index (χ3v) is 4.67. The summed E-state index contributed by atoms with van der Waals surface area (Å²) in [6.45, 7) is 4.78. The Morgan fingerprint density at radius 2 is 1.95 bits per heavy atom. The first-order valence-corrected chi connectivity index (χ1v) is 7.99. The zero-order chi connectivity index (χ0) is 14.8. The predicted molar refractivity (Wildman–Crippen MR) is 90.1 cm³/mol. The molecule has 0 bridgehead atoms. The van der Waals surface area contributed by atoms with Crippen LogP contribution in [0.25, 0.3) is 0 Å². The summed E-state index contributed by atoms with van der Waals surface area (Å²) < 4.78 is 0. The quantitative estimate of drug-likeness (QED) is 0.773. The van der Waals surface area contributed by atoms with Crippen LogP contribution in [-0.2, 0) is 0 Å². The van der Waals surface area contributed by atoms with Crippen molar-refractivity contribution in [1.29, 1.82) is 0 Å². The fourth-order valence-electron chi connectivity index (χ4n) is 3.11. The van der Waals surface area contributed by atoms with Gasteiger partial charge < -0.3 is 10.2 Å². The lowest BCUT2D eigenvalue weighted by atomic mass is 9.85. The maximum Gasteiger partial charge on any atom is 0.0786 e. The lowest BCUT2D eigenvalue weighted by molar-refractivity contribution is 0.313. The summed E-state index contributed by atoms with van der Waals surface area (Å²) in [5.74, 6) is 0. The highest BCUT2D eigenvalue weighted by Gasteiger charge is 2.24. The summed E-state index contributed by atoms with van der Waals surface area (Å²) in [5.41, 5.74) is 2.75. The van der Waals surface area contributed by atoms with Crippen LogP contribution >= 0.6 is 11.6 Å². The molecule has 1 aliphatic carbocycles. The Balaban J connectivity index is 2.12. The molecule has 0 spiro atoms. The molecule has 1 aromatic carbocycles. The molecule has 2 nitrogen and oxygen atoms in total. The molecule has 1 unspecified atom stereocenters. The molecule has 0 radical (unpaired) electrons. The number of anilines is 2. The monoisotopic (exact) mass is 294 g/mol. The number of rotatable bonds is 3. The van der Waals surface area contributed by atoms with E-state index in [0.717, 1.165) is 16.4 Å². The Morgan fingerprint density at radius 3 is 2.65 bits per heavy atom. The summed E-state index contributed by atoms with van der Waals surface area (Å²) in [6.07, 6.45) is 6.43. The smallest absolute Gasteiger partial charge is 0.0786 e. The summed E-state index contributed by atoms with van der Waals surface area (Å²) in [4.78, 5) is 2.09. The first-order chi connectivity index (χ1) is 9.39. The Morgan fingerprint density at radius 1 is 1.20 bits per heavy atom. The minimum absolute atomic E-state index is 0.495. The average Bonchev–Trinajstić information content (AvgIpc) is 2.50. The number of halogens is 1. The van der Waals surface area contributed by atoms with Gasteiger partial charge in [0.1, 0.15) is 0 Å². The number of benzene rings is 1. The molecule has 0 aromatic heterocycles. The van der Waals surface area contributed by atoms with Gasteiger partial charge in [-0.15, -0.1) is 0 Å². The van der Waals surface area contributed by atoms with Crippen molar-refractivity contribution in [2.24, 2.45) is 5.41 Å². The van der Waals surface area contributed by atoms with Crippen LogP contribution in [0.4, 0.5) is 11.4 Å². The van der Waals surface area contributed by atoms with E-state index in [1.165, 1.54) is 32.1 Å². The number of hydrogen-bond acceptors (Lipinski definition) is 2. The first-order valence-electron chi connectivity index (χ1n) is 7.61. The van der Waals surface area contributed by atoms with Crippen LogP contribution in [0.1, 0.15) is 46.0 Å². The second kappa shape index (κ2) is 6.26. The largest absolute Gasteiger partial charge is 0.381 e. The van der Waals surface area contributed by atoms with E-state index in [0.29, 0.717) is 11.5 Å². The minimum atomic E-state index is 0.495. The van der Waals surface area contributed by atoms with Crippen LogP contribution in [0.2, 0.25) is 5.02 Å². The zero-order valence-electron chi connectivity index (χ0n) is 13.2. The van der Waals surface area contributed by atoms with E-state index in [2.05, 4.69) is 30.1 Å². The molecule has 2 rings (SSSR count). The highest BCUT2D eigenvalue weighted by molar-refractivity contribution is 6.34. The van der Waals surface area contributed by atoms with Crippen LogP contribution < -0.4 is 10.2 Å². The van der Waals surface area contributed by atoms with Crippen LogP contribution in [0.5, 0.6) is 0 Å². The van der Waals surface area contributed by atoms with Crippen molar-refractivity contribution in [3.63, 3.8) is 0 Å². The van der Waals surface area contributed by atoms with E-state index < -0.39 is 0 Å². The summed E-state index contributed by atoms with van der Waals surface area (Å²) in [6, 6.07) is 6.68. The molecule has 0 amide bonds. The Hall–Kier alpha value is -0.890. The summed E-state index contributed by atoms with van der Waals surface area (Å²) in [7, 11) is 4.09. The van der Waals surface area contributed by atoms with E-state index in [9.17, 15) is 0 Å². The van der Waals surface area contributed by atoms with Gasteiger partial charge in [-0.25, -0.2) is 0 Å². The van der Waals surface area contributed by atoms with Gasteiger partial charge in [0.25, 0.3) is 0 Å². The molecule has 20 heavy (non-hydrogen) atoms. The normalized spacial score (nSPS) is 22.1. The van der Waals surface area contributed by atoms with E-state index in [1.807, 2.05) is 26.2 Å². The van der Waals surface area contributed by atoms with Crippen LogP contribution in [0.3, 0.4) is 0 Å². The van der Waals surface area contributed by atoms with Crippen molar-refractivity contribution in [3.05, 3.63) is 23.2 Å². The molecule has 0 heterocycles. The van der Waals surface area contributed by atoms with Crippen molar-refractivity contribution in [2.45, 2.75) is 52.0 Å². The standard InChI is InChI=1S/C17H27ClN2/c1-17(2)11-6-7-13(10-12-17)19-15-9-5-8-14(18)16(15)20(3)4/h5,8-9,13,19H,6-7,10-12H2,1-4H3. The van der Waals surface area contributed by atoms with E-state index in [4.69, 9.17) is 11.6 Å². The maximum absolute atomic E-state index is 6.34. The molecule has 3 heteroatoms. The lowest BCUT2D eigenvalue weighted by Crippen LogP contribution is -2.21. The highest BCUT2D eigenvalue weighted by Crippen LogP contribution is 2.37. The molecule has 1 aromatic rings. The molecule has 1 fully saturated rings. The molecule has 1 aliphatic rings. The fourth-order valence-corrected chi connectivity index (χ4v) is 3.46. The second-order valence-electron chi connectivity index (χ2n) is 6.97. The van der Waals surface area contributed by atoms with Crippen molar-refractivity contribution in [2.75, 3.05) is 24.3 Å². The molecular weight excluding hydrogens is 268 g/mol. The maximum atomic E-state index is 6.34. The Labute approximate surface area is 128 Å². The fraction of sp³-hybridized carbons (Fsp3) is 0.647. The van der Waals surface area contributed by atoms with Crippen molar-refractivity contribution in [3.8, 4) is 0 Å². The Bertz CT molecular complexity index is 454. The predicted octanol–water partition coefficient (Wildman–Crippen LogP) is 5.18. The van der Waals surface area contributed by atoms with Crippen molar-refractivity contribution >= 4 is 23.0 Å². The van der Waals surface area contributed by atoms with E-state index >= 15 is 0 Å². The topological polar surface area (TPSA) is 15.3 Å². The van der Waals surface area contributed by atoms with Gasteiger partial charge in [-0.3, -0.25) is 0 Å².